The summed E-state index contributed by atoms with van der Waals surface area (Å²) in [6.45, 7) is 6.08. The third-order valence-corrected chi connectivity index (χ3v) is 3.99. The average Bonchev–Trinajstić information content (AvgIpc) is 2.53. The van der Waals surface area contributed by atoms with Gasteiger partial charge in [0.15, 0.2) is 0 Å². The quantitative estimate of drug-likeness (QED) is 0.534. The Hall–Kier alpha value is -1.31. The highest BCUT2D eigenvalue weighted by Gasteiger charge is 2.10. The highest BCUT2D eigenvalue weighted by molar-refractivity contribution is 5.76. The van der Waals surface area contributed by atoms with E-state index in [9.17, 15) is 4.79 Å². The summed E-state index contributed by atoms with van der Waals surface area (Å²) in [5.74, 6) is 0.301. The number of benzene rings is 1. The fourth-order valence-corrected chi connectivity index (χ4v) is 2.60. The fraction of sp³-hybridized carbons (Fsp3) is 0.632. The Morgan fingerprint density at radius 3 is 2.29 bits per heavy atom. The van der Waals surface area contributed by atoms with E-state index in [1.807, 2.05) is 23.1 Å². The van der Waals surface area contributed by atoms with Crippen LogP contribution in [0.15, 0.2) is 30.3 Å². The maximum atomic E-state index is 12.2. The van der Waals surface area contributed by atoms with Gasteiger partial charge >= 0.3 is 0 Å². The summed E-state index contributed by atoms with van der Waals surface area (Å²) in [6.07, 6.45) is 9.16. The van der Waals surface area contributed by atoms with E-state index < -0.39 is 0 Å². The van der Waals surface area contributed by atoms with E-state index in [1.165, 1.54) is 37.7 Å². The maximum absolute atomic E-state index is 12.2. The molecule has 0 saturated carbocycles. The first-order valence-corrected chi connectivity index (χ1v) is 8.59. The number of rotatable bonds is 11. The molecule has 0 atom stereocenters. The van der Waals surface area contributed by atoms with Crippen molar-refractivity contribution in [1.29, 1.82) is 0 Å². The van der Waals surface area contributed by atoms with Gasteiger partial charge in [-0.05, 0) is 25.3 Å². The van der Waals surface area contributed by atoms with E-state index in [1.54, 1.807) is 0 Å². The van der Waals surface area contributed by atoms with Crippen LogP contribution in [0, 0.1) is 0 Å². The molecule has 21 heavy (non-hydrogen) atoms. The number of carbonyl (C=O) groups is 1. The molecule has 118 valence electrons. The lowest BCUT2D eigenvalue weighted by molar-refractivity contribution is -0.131. The highest BCUT2D eigenvalue weighted by Crippen LogP contribution is 2.08. The minimum Gasteiger partial charge on any atom is -0.343 e. The third kappa shape index (κ3) is 7.89. The van der Waals surface area contributed by atoms with Gasteiger partial charge in [0.2, 0.25) is 5.91 Å². The summed E-state index contributed by atoms with van der Waals surface area (Å²) in [5.41, 5.74) is 1.25. The molecule has 0 aliphatic heterocycles. The Kier molecular flexibility index (Phi) is 9.60. The van der Waals surface area contributed by atoms with Crippen LogP contribution in [0.25, 0.3) is 0 Å². The number of hydrogen-bond acceptors (Lipinski definition) is 1. The Bertz CT molecular complexity index is 374. The van der Waals surface area contributed by atoms with Crippen LogP contribution in [0.5, 0.6) is 0 Å². The minimum absolute atomic E-state index is 0.301. The van der Waals surface area contributed by atoms with Crippen molar-refractivity contribution in [3.8, 4) is 0 Å². The lowest BCUT2D eigenvalue weighted by Crippen LogP contribution is -2.31. The predicted molar refractivity (Wildman–Crippen MR) is 90.4 cm³/mol. The van der Waals surface area contributed by atoms with Crippen LogP contribution in [0.2, 0.25) is 0 Å². The molecule has 0 bridgehead atoms. The van der Waals surface area contributed by atoms with E-state index in [0.717, 1.165) is 25.9 Å². The first-order valence-electron chi connectivity index (χ1n) is 8.59. The first kappa shape index (κ1) is 17.7. The second kappa shape index (κ2) is 11.4. The van der Waals surface area contributed by atoms with Crippen molar-refractivity contribution in [2.24, 2.45) is 0 Å². The summed E-state index contributed by atoms with van der Waals surface area (Å²) >= 11 is 0. The molecule has 0 saturated heterocycles. The summed E-state index contributed by atoms with van der Waals surface area (Å²) in [4.78, 5) is 14.3. The molecule has 0 N–H and O–H groups in total. The van der Waals surface area contributed by atoms with Gasteiger partial charge in [-0.25, -0.2) is 0 Å². The van der Waals surface area contributed by atoms with Gasteiger partial charge in [0.1, 0.15) is 0 Å². The zero-order valence-electron chi connectivity index (χ0n) is 13.8. The molecular weight excluding hydrogens is 258 g/mol. The Balaban J connectivity index is 2.20. The second-order valence-corrected chi connectivity index (χ2v) is 5.73. The van der Waals surface area contributed by atoms with Crippen molar-refractivity contribution >= 4 is 5.91 Å². The van der Waals surface area contributed by atoms with Crippen LogP contribution in [0.4, 0.5) is 0 Å². The molecule has 0 heterocycles. The van der Waals surface area contributed by atoms with E-state index >= 15 is 0 Å². The Morgan fingerprint density at radius 1 is 0.952 bits per heavy atom. The maximum Gasteiger partial charge on any atom is 0.222 e. The zero-order chi connectivity index (χ0) is 15.3. The Morgan fingerprint density at radius 2 is 1.62 bits per heavy atom. The molecular formula is C19H31NO. The molecule has 1 aromatic rings. The highest BCUT2D eigenvalue weighted by atomic mass is 16.2. The molecule has 0 spiro atoms. The normalized spacial score (nSPS) is 10.6. The standard InChI is InChI=1S/C19H31NO/c1-3-5-6-7-8-12-17-20(4-2)19(21)16-15-18-13-10-9-11-14-18/h9-11,13-14H,3-8,12,15-17H2,1-2H3. The van der Waals surface area contributed by atoms with Crippen molar-refractivity contribution < 1.29 is 4.79 Å². The van der Waals surface area contributed by atoms with Gasteiger partial charge in [-0.1, -0.05) is 69.4 Å². The molecule has 2 heteroatoms. The molecule has 0 aromatic heterocycles. The zero-order valence-corrected chi connectivity index (χ0v) is 13.8. The van der Waals surface area contributed by atoms with Crippen LogP contribution in [0.3, 0.4) is 0 Å². The summed E-state index contributed by atoms with van der Waals surface area (Å²) < 4.78 is 0. The number of unbranched alkanes of at least 4 members (excludes halogenated alkanes) is 5. The summed E-state index contributed by atoms with van der Waals surface area (Å²) in [7, 11) is 0. The molecule has 1 aromatic carbocycles. The largest absolute Gasteiger partial charge is 0.343 e. The summed E-state index contributed by atoms with van der Waals surface area (Å²) in [5, 5.41) is 0. The van der Waals surface area contributed by atoms with Crippen LogP contribution < -0.4 is 0 Å². The van der Waals surface area contributed by atoms with Gasteiger partial charge in [0.25, 0.3) is 0 Å². The molecule has 0 radical (unpaired) electrons. The SMILES string of the molecule is CCCCCCCCN(CC)C(=O)CCc1ccccc1. The van der Waals surface area contributed by atoms with E-state index in [4.69, 9.17) is 0 Å². The van der Waals surface area contributed by atoms with Crippen molar-refractivity contribution in [3.05, 3.63) is 35.9 Å². The second-order valence-electron chi connectivity index (χ2n) is 5.73. The van der Waals surface area contributed by atoms with Gasteiger partial charge in [0, 0.05) is 19.5 Å². The smallest absolute Gasteiger partial charge is 0.222 e. The van der Waals surface area contributed by atoms with Crippen molar-refractivity contribution in [2.45, 2.75) is 65.2 Å². The van der Waals surface area contributed by atoms with E-state index in [0.29, 0.717) is 12.3 Å². The Labute approximate surface area is 130 Å². The van der Waals surface area contributed by atoms with Crippen molar-refractivity contribution in [2.75, 3.05) is 13.1 Å². The van der Waals surface area contributed by atoms with Crippen molar-refractivity contribution in [3.63, 3.8) is 0 Å². The molecule has 0 aliphatic rings. The molecule has 2 nitrogen and oxygen atoms in total. The summed E-state index contributed by atoms with van der Waals surface area (Å²) in [6, 6.07) is 10.3. The molecule has 0 fully saturated rings. The first-order chi connectivity index (χ1) is 10.3. The third-order valence-electron chi connectivity index (χ3n) is 3.99. The van der Waals surface area contributed by atoms with Crippen LogP contribution >= 0.6 is 0 Å². The topological polar surface area (TPSA) is 20.3 Å². The molecule has 0 unspecified atom stereocenters. The van der Waals surface area contributed by atoms with E-state index in [-0.39, 0.29) is 0 Å². The number of nitrogens with zero attached hydrogens (tertiary/aromatic N) is 1. The van der Waals surface area contributed by atoms with Crippen LogP contribution in [-0.4, -0.2) is 23.9 Å². The number of amides is 1. The molecule has 0 aliphatic carbocycles. The minimum atomic E-state index is 0.301. The van der Waals surface area contributed by atoms with Gasteiger partial charge in [0.05, 0.1) is 0 Å². The van der Waals surface area contributed by atoms with Gasteiger partial charge in [-0.2, -0.15) is 0 Å². The molecule has 1 amide bonds. The van der Waals surface area contributed by atoms with Crippen LogP contribution in [0.1, 0.15) is 64.4 Å². The van der Waals surface area contributed by atoms with Crippen LogP contribution in [-0.2, 0) is 11.2 Å². The number of carbonyl (C=O) groups excluding carboxylic acids is 1. The van der Waals surface area contributed by atoms with E-state index in [2.05, 4.69) is 26.0 Å². The number of aryl methyl sites for hydroxylation is 1. The van der Waals surface area contributed by atoms with Gasteiger partial charge in [-0.3, -0.25) is 4.79 Å². The van der Waals surface area contributed by atoms with Gasteiger partial charge in [-0.15, -0.1) is 0 Å². The molecule has 1 rings (SSSR count). The number of hydrogen-bond donors (Lipinski definition) is 0. The predicted octanol–water partition coefficient (Wildman–Crippen LogP) is 4.83. The monoisotopic (exact) mass is 289 g/mol. The lowest BCUT2D eigenvalue weighted by Gasteiger charge is -2.21. The fourth-order valence-electron chi connectivity index (χ4n) is 2.60. The average molecular weight is 289 g/mol. The lowest BCUT2D eigenvalue weighted by atomic mass is 10.1. The van der Waals surface area contributed by atoms with Crippen molar-refractivity contribution in [1.82, 2.24) is 4.90 Å². The van der Waals surface area contributed by atoms with Gasteiger partial charge < -0.3 is 4.90 Å².